The van der Waals surface area contributed by atoms with Crippen LogP contribution in [0.2, 0.25) is 0 Å². The topological polar surface area (TPSA) is 71.1 Å². The molecule has 1 unspecified atom stereocenters. The van der Waals surface area contributed by atoms with Gasteiger partial charge in [0, 0.05) is 32.2 Å². The van der Waals surface area contributed by atoms with E-state index in [1.807, 2.05) is 43.0 Å². The summed E-state index contributed by atoms with van der Waals surface area (Å²) in [6.07, 6.45) is 0.409. The highest BCUT2D eigenvalue weighted by Gasteiger charge is 2.28. The van der Waals surface area contributed by atoms with E-state index in [0.717, 1.165) is 5.56 Å². The fraction of sp³-hybridized carbons (Fsp3) is 0.417. The Labute approximate surface area is 183 Å². The molecule has 2 amide bonds. The largest absolute Gasteiger partial charge is 0.497 e. The molecule has 0 aliphatic carbocycles. The number of nitrogens with one attached hydrogen (secondary N) is 1. The maximum atomic E-state index is 12.8. The summed E-state index contributed by atoms with van der Waals surface area (Å²) in [6, 6.07) is 13.0. The van der Waals surface area contributed by atoms with Gasteiger partial charge >= 0.3 is 0 Å². The number of hydrogen-bond donors (Lipinski definition) is 1. The Hall–Kier alpha value is -3.06. The Morgan fingerprint density at radius 2 is 1.68 bits per heavy atom. The summed E-state index contributed by atoms with van der Waals surface area (Å²) in [5.41, 5.74) is 2.78. The zero-order chi connectivity index (χ0) is 22.4. The van der Waals surface area contributed by atoms with Gasteiger partial charge in [0.2, 0.25) is 11.8 Å². The summed E-state index contributed by atoms with van der Waals surface area (Å²) in [5.74, 6) is 1.23. The van der Waals surface area contributed by atoms with E-state index < -0.39 is 0 Å². The quantitative estimate of drug-likeness (QED) is 0.739. The summed E-state index contributed by atoms with van der Waals surface area (Å²) < 4.78 is 10.6. The van der Waals surface area contributed by atoms with Crippen LogP contribution in [0.25, 0.3) is 0 Å². The molecule has 1 aliphatic rings. The number of amides is 2. The minimum Gasteiger partial charge on any atom is -0.497 e. The number of rotatable bonds is 7. The van der Waals surface area contributed by atoms with Crippen LogP contribution in [0.3, 0.4) is 0 Å². The third kappa shape index (κ3) is 5.76. The lowest BCUT2D eigenvalue weighted by atomic mass is 10.1. The lowest BCUT2D eigenvalue weighted by Gasteiger charge is -2.37. The van der Waals surface area contributed by atoms with E-state index in [1.54, 1.807) is 32.4 Å². The van der Waals surface area contributed by atoms with Gasteiger partial charge in [0.1, 0.15) is 11.5 Å². The zero-order valence-electron chi connectivity index (χ0n) is 18.7. The number of piperazine rings is 1. The van der Waals surface area contributed by atoms with Crippen molar-refractivity contribution in [3.63, 3.8) is 0 Å². The van der Waals surface area contributed by atoms with Crippen molar-refractivity contribution < 1.29 is 19.1 Å². The molecule has 0 radical (unpaired) electrons. The van der Waals surface area contributed by atoms with Gasteiger partial charge < -0.3 is 19.7 Å². The molecule has 1 atom stereocenters. The number of anilines is 1. The maximum absolute atomic E-state index is 12.8. The molecule has 0 saturated carbocycles. The van der Waals surface area contributed by atoms with Gasteiger partial charge in [-0.3, -0.25) is 14.5 Å². The standard InChI is InChI=1S/C24H31N3O4/c1-17-5-7-19(8-6-17)15-23(28)27-13-11-26(12-14-27)18(2)24(29)25-21-16-20(30-3)9-10-22(21)31-4/h5-10,16,18H,11-15H2,1-4H3,(H,25,29). The minimum atomic E-state index is -0.328. The van der Waals surface area contributed by atoms with Crippen LogP contribution in [0.15, 0.2) is 42.5 Å². The number of carbonyl (C=O) groups excluding carboxylic acids is 2. The predicted octanol–water partition coefficient (Wildman–Crippen LogP) is 2.73. The van der Waals surface area contributed by atoms with E-state index in [0.29, 0.717) is 49.8 Å². The zero-order valence-corrected chi connectivity index (χ0v) is 18.7. The Morgan fingerprint density at radius 1 is 1.00 bits per heavy atom. The SMILES string of the molecule is COc1ccc(OC)c(NC(=O)C(C)N2CCN(C(=O)Cc3ccc(C)cc3)CC2)c1. The van der Waals surface area contributed by atoms with E-state index in [1.165, 1.54) is 5.56 Å². The summed E-state index contributed by atoms with van der Waals surface area (Å²) in [5, 5.41) is 2.94. The first-order chi connectivity index (χ1) is 14.9. The van der Waals surface area contributed by atoms with Crippen LogP contribution in [-0.2, 0) is 16.0 Å². The first kappa shape index (κ1) is 22.6. The van der Waals surface area contributed by atoms with Gasteiger partial charge in [0.15, 0.2) is 0 Å². The molecule has 7 heteroatoms. The molecule has 0 bridgehead atoms. The predicted molar refractivity (Wildman–Crippen MR) is 121 cm³/mol. The van der Waals surface area contributed by atoms with E-state index in [4.69, 9.17) is 9.47 Å². The molecular formula is C24H31N3O4. The Morgan fingerprint density at radius 3 is 2.29 bits per heavy atom. The van der Waals surface area contributed by atoms with E-state index >= 15 is 0 Å². The van der Waals surface area contributed by atoms with Gasteiger partial charge in [0.05, 0.1) is 32.4 Å². The van der Waals surface area contributed by atoms with Crippen molar-refractivity contribution in [1.82, 2.24) is 9.80 Å². The third-order valence-electron chi connectivity index (χ3n) is 5.73. The molecular weight excluding hydrogens is 394 g/mol. The molecule has 1 fully saturated rings. The molecule has 0 spiro atoms. The second-order valence-electron chi connectivity index (χ2n) is 7.81. The molecule has 2 aromatic rings. The number of aryl methyl sites for hydroxylation is 1. The molecule has 1 heterocycles. The third-order valence-corrected chi connectivity index (χ3v) is 5.73. The van der Waals surface area contributed by atoms with Gasteiger partial charge in [-0.05, 0) is 31.5 Å². The van der Waals surface area contributed by atoms with Crippen molar-refractivity contribution in [2.75, 3.05) is 45.7 Å². The molecule has 166 valence electrons. The van der Waals surface area contributed by atoms with Gasteiger partial charge in [-0.25, -0.2) is 0 Å². The van der Waals surface area contributed by atoms with Crippen molar-refractivity contribution in [2.24, 2.45) is 0 Å². The van der Waals surface area contributed by atoms with Gasteiger partial charge in [-0.2, -0.15) is 0 Å². The lowest BCUT2D eigenvalue weighted by molar-refractivity contribution is -0.133. The number of benzene rings is 2. The average molecular weight is 426 g/mol. The molecule has 3 rings (SSSR count). The van der Waals surface area contributed by atoms with Crippen molar-refractivity contribution in [3.05, 3.63) is 53.6 Å². The van der Waals surface area contributed by atoms with Crippen LogP contribution < -0.4 is 14.8 Å². The van der Waals surface area contributed by atoms with Crippen LogP contribution in [0.1, 0.15) is 18.1 Å². The van der Waals surface area contributed by atoms with Crippen LogP contribution >= 0.6 is 0 Å². The molecule has 0 aromatic heterocycles. The number of carbonyl (C=O) groups is 2. The Kier molecular flexibility index (Phi) is 7.52. The molecule has 1 saturated heterocycles. The summed E-state index contributed by atoms with van der Waals surface area (Å²) in [4.78, 5) is 29.4. The fourth-order valence-electron chi connectivity index (χ4n) is 3.67. The van der Waals surface area contributed by atoms with E-state index in [9.17, 15) is 9.59 Å². The number of methoxy groups -OCH3 is 2. The smallest absolute Gasteiger partial charge is 0.241 e. The Bertz CT molecular complexity index is 906. The highest BCUT2D eigenvalue weighted by Crippen LogP contribution is 2.29. The summed E-state index contributed by atoms with van der Waals surface area (Å²) in [7, 11) is 3.14. The normalized spacial score (nSPS) is 15.3. The van der Waals surface area contributed by atoms with Gasteiger partial charge in [-0.15, -0.1) is 0 Å². The fourth-order valence-corrected chi connectivity index (χ4v) is 3.67. The molecule has 31 heavy (non-hydrogen) atoms. The maximum Gasteiger partial charge on any atom is 0.241 e. The minimum absolute atomic E-state index is 0.119. The highest BCUT2D eigenvalue weighted by atomic mass is 16.5. The molecule has 7 nitrogen and oxygen atoms in total. The first-order valence-corrected chi connectivity index (χ1v) is 10.5. The number of hydrogen-bond acceptors (Lipinski definition) is 5. The molecule has 1 N–H and O–H groups in total. The second-order valence-corrected chi connectivity index (χ2v) is 7.81. The van der Waals surface area contributed by atoms with Crippen molar-refractivity contribution >= 4 is 17.5 Å². The van der Waals surface area contributed by atoms with Crippen LogP contribution in [0, 0.1) is 6.92 Å². The summed E-state index contributed by atoms with van der Waals surface area (Å²) >= 11 is 0. The van der Waals surface area contributed by atoms with Crippen LogP contribution in [0.5, 0.6) is 11.5 Å². The first-order valence-electron chi connectivity index (χ1n) is 10.5. The Balaban J connectivity index is 1.53. The van der Waals surface area contributed by atoms with Gasteiger partial charge in [-0.1, -0.05) is 29.8 Å². The molecule has 1 aliphatic heterocycles. The molecule has 2 aromatic carbocycles. The second kappa shape index (κ2) is 10.3. The lowest BCUT2D eigenvalue weighted by Crippen LogP contribution is -2.54. The van der Waals surface area contributed by atoms with Crippen molar-refractivity contribution in [3.8, 4) is 11.5 Å². The van der Waals surface area contributed by atoms with E-state index in [-0.39, 0.29) is 17.9 Å². The monoisotopic (exact) mass is 425 g/mol. The summed E-state index contributed by atoms with van der Waals surface area (Å²) in [6.45, 7) is 6.46. The van der Waals surface area contributed by atoms with Gasteiger partial charge in [0.25, 0.3) is 0 Å². The van der Waals surface area contributed by atoms with Crippen molar-refractivity contribution in [1.29, 1.82) is 0 Å². The van der Waals surface area contributed by atoms with Crippen LogP contribution in [-0.4, -0.2) is 68.1 Å². The number of nitrogens with zero attached hydrogens (tertiary/aromatic N) is 2. The number of ether oxygens (including phenoxy) is 2. The van der Waals surface area contributed by atoms with E-state index in [2.05, 4.69) is 10.2 Å². The highest BCUT2D eigenvalue weighted by molar-refractivity contribution is 5.96. The van der Waals surface area contributed by atoms with Crippen molar-refractivity contribution in [2.45, 2.75) is 26.3 Å². The average Bonchev–Trinajstić information content (AvgIpc) is 2.80. The van der Waals surface area contributed by atoms with Crippen LogP contribution in [0.4, 0.5) is 5.69 Å².